The van der Waals surface area contributed by atoms with Gasteiger partial charge < -0.3 is 9.47 Å². The normalized spacial score (nSPS) is 10.8. The predicted molar refractivity (Wildman–Crippen MR) is 87.9 cm³/mol. The highest BCUT2D eigenvalue weighted by molar-refractivity contribution is 5.93. The van der Waals surface area contributed by atoms with Crippen molar-refractivity contribution in [3.05, 3.63) is 58.9 Å². The quantitative estimate of drug-likeness (QED) is 0.499. The molecule has 6 heteroatoms. The van der Waals surface area contributed by atoms with Gasteiger partial charge in [0.05, 0.1) is 17.7 Å². The summed E-state index contributed by atoms with van der Waals surface area (Å²) in [4.78, 5) is 12.2. The lowest BCUT2D eigenvalue weighted by molar-refractivity contribution is 0.0719. The largest absolute Gasteiger partial charge is 0.491 e. The van der Waals surface area contributed by atoms with Crippen molar-refractivity contribution < 1.29 is 27.4 Å². The molecule has 2 rings (SSSR count). The number of ether oxygens (including phenoxy) is 2. The van der Waals surface area contributed by atoms with Crippen LogP contribution in [0.5, 0.6) is 11.5 Å². The first kappa shape index (κ1) is 18.8. The number of halogens is 3. The van der Waals surface area contributed by atoms with Gasteiger partial charge in [0.2, 0.25) is 0 Å². The summed E-state index contributed by atoms with van der Waals surface area (Å²) in [6, 6.07) is 8.97. The Morgan fingerprint density at radius 2 is 1.76 bits per heavy atom. The van der Waals surface area contributed by atoms with Crippen LogP contribution in [0.15, 0.2) is 36.4 Å². The van der Waals surface area contributed by atoms with Gasteiger partial charge in [-0.05, 0) is 43.2 Å². The second-order valence-corrected chi connectivity index (χ2v) is 5.36. The highest BCUT2D eigenvalue weighted by Gasteiger charge is 2.27. The molecule has 0 amide bonds. The molecule has 0 aliphatic carbocycles. The van der Waals surface area contributed by atoms with Gasteiger partial charge in [-0.25, -0.2) is 18.0 Å². The summed E-state index contributed by atoms with van der Waals surface area (Å²) < 4.78 is 50.7. The van der Waals surface area contributed by atoms with E-state index in [9.17, 15) is 18.0 Å². The highest BCUT2D eigenvalue weighted by atomic mass is 19.3. The molecule has 134 valence electrons. The van der Waals surface area contributed by atoms with Gasteiger partial charge >= 0.3 is 5.97 Å². The van der Waals surface area contributed by atoms with Gasteiger partial charge in [-0.15, -0.1) is 0 Å². The molecule has 0 N–H and O–H groups in total. The Balaban J connectivity index is 2.27. The molecule has 25 heavy (non-hydrogen) atoms. The highest BCUT2D eigenvalue weighted by Crippen LogP contribution is 2.32. The molecule has 0 fully saturated rings. The first-order valence-electron chi connectivity index (χ1n) is 8.02. The van der Waals surface area contributed by atoms with E-state index in [1.54, 1.807) is 31.2 Å². The summed E-state index contributed by atoms with van der Waals surface area (Å²) in [7, 11) is 0. The molecule has 3 nitrogen and oxygen atoms in total. The van der Waals surface area contributed by atoms with E-state index in [4.69, 9.17) is 9.47 Å². The maximum Gasteiger partial charge on any atom is 0.344 e. The van der Waals surface area contributed by atoms with E-state index in [0.717, 1.165) is 30.5 Å². The van der Waals surface area contributed by atoms with E-state index in [2.05, 4.69) is 0 Å². The average molecular weight is 352 g/mol. The minimum atomic E-state index is -3.17. The third-order valence-electron chi connectivity index (χ3n) is 3.55. The lowest BCUT2D eigenvalue weighted by Gasteiger charge is -2.13. The zero-order chi connectivity index (χ0) is 18.4. The van der Waals surface area contributed by atoms with Gasteiger partial charge in [0, 0.05) is 0 Å². The molecule has 0 aliphatic heterocycles. The molecule has 0 aromatic heterocycles. The molecule has 0 bridgehead atoms. The van der Waals surface area contributed by atoms with E-state index in [0.29, 0.717) is 0 Å². The van der Waals surface area contributed by atoms with Crippen molar-refractivity contribution in [2.24, 2.45) is 0 Å². The van der Waals surface area contributed by atoms with Gasteiger partial charge in [0.25, 0.3) is 6.43 Å². The summed E-state index contributed by atoms with van der Waals surface area (Å²) in [6.45, 7) is 3.76. The average Bonchev–Trinajstić information content (AvgIpc) is 2.58. The minimum absolute atomic E-state index is 0.119. The third kappa shape index (κ3) is 4.53. The zero-order valence-electron chi connectivity index (χ0n) is 14.0. The molecule has 0 unspecified atom stereocenters. The van der Waals surface area contributed by atoms with Crippen LogP contribution in [0.1, 0.15) is 48.2 Å². The Morgan fingerprint density at radius 1 is 1.08 bits per heavy atom. The maximum absolute atomic E-state index is 14.2. The first-order valence-corrected chi connectivity index (χ1v) is 8.02. The van der Waals surface area contributed by atoms with E-state index in [-0.39, 0.29) is 18.1 Å². The second kappa shape index (κ2) is 8.55. The van der Waals surface area contributed by atoms with Crippen molar-refractivity contribution in [1.82, 2.24) is 0 Å². The molecule has 2 aromatic rings. The minimum Gasteiger partial charge on any atom is -0.491 e. The van der Waals surface area contributed by atoms with Crippen LogP contribution in [0, 0.1) is 5.82 Å². The molecule has 0 saturated heterocycles. The molecule has 0 radical (unpaired) electrons. The number of carbonyl (C=O) groups excluding carboxylic acids is 1. The van der Waals surface area contributed by atoms with Gasteiger partial charge in [-0.2, -0.15) is 0 Å². The van der Waals surface area contributed by atoms with Crippen LogP contribution >= 0.6 is 0 Å². The predicted octanol–water partition coefficient (Wildman–Crippen LogP) is 5.33. The monoisotopic (exact) mass is 352 g/mol. The molecule has 0 atom stereocenters. The molecule has 0 spiro atoms. The lowest BCUT2D eigenvalue weighted by atomic mass is 10.1. The lowest BCUT2D eigenvalue weighted by Crippen LogP contribution is -2.14. The summed E-state index contributed by atoms with van der Waals surface area (Å²) >= 11 is 0. The van der Waals surface area contributed by atoms with E-state index in [1.807, 2.05) is 6.92 Å². The van der Waals surface area contributed by atoms with Crippen molar-refractivity contribution in [1.29, 1.82) is 0 Å². The first-order chi connectivity index (χ1) is 12.0. The van der Waals surface area contributed by atoms with Crippen LogP contribution in [0.25, 0.3) is 0 Å². The smallest absolute Gasteiger partial charge is 0.344 e. The summed E-state index contributed by atoms with van der Waals surface area (Å²) in [5.74, 6) is -2.40. The SMILES string of the molecule is CCCc1ccc(OC(=O)c2ccc(OCC)c(F)c2C(F)F)cc1. The maximum atomic E-state index is 14.2. The second-order valence-electron chi connectivity index (χ2n) is 5.36. The van der Waals surface area contributed by atoms with E-state index < -0.39 is 29.3 Å². The fraction of sp³-hybridized carbons (Fsp3) is 0.316. The Labute approximate surface area is 144 Å². The van der Waals surface area contributed by atoms with E-state index in [1.165, 1.54) is 0 Å². The van der Waals surface area contributed by atoms with Gasteiger partial charge in [0.1, 0.15) is 5.75 Å². The fourth-order valence-corrected chi connectivity index (χ4v) is 2.41. The molecule has 0 aliphatic rings. The third-order valence-corrected chi connectivity index (χ3v) is 3.55. The standard InChI is InChI=1S/C19H19F3O3/c1-3-5-12-6-8-13(9-7-12)25-19(23)14-10-11-15(24-4-2)17(20)16(14)18(21)22/h6-11,18H,3-5H2,1-2H3. The fourth-order valence-electron chi connectivity index (χ4n) is 2.41. The Hall–Kier alpha value is -2.50. The molecule has 0 heterocycles. The Morgan fingerprint density at radius 3 is 2.32 bits per heavy atom. The Bertz CT molecular complexity index is 727. The number of aryl methyl sites for hydroxylation is 1. The van der Waals surface area contributed by atoms with Gasteiger partial charge in [-0.1, -0.05) is 25.5 Å². The van der Waals surface area contributed by atoms with Crippen LogP contribution in [0.2, 0.25) is 0 Å². The van der Waals surface area contributed by atoms with E-state index >= 15 is 0 Å². The summed E-state index contributed by atoms with van der Waals surface area (Å²) in [6.07, 6.45) is -1.31. The number of hydrogen-bond acceptors (Lipinski definition) is 3. The number of carbonyl (C=O) groups is 1. The topological polar surface area (TPSA) is 35.5 Å². The van der Waals surface area contributed by atoms with Gasteiger partial charge in [0.15, 0.2) is 11.6 Å². The van der Waals surface area contributed by atoms with Crippen LogP contribution < -0.4 is 9.47 Å². The number of hydrogen-bond donors (Lipinski definition) is 0. The molecular weight excluding hydrogens is 333 g/mol. The molecule has 2 aromatic carbocycles. The Kier molecular flexibility index (Phi) is 6.44. The zero-order valence-corrected chi connectivity index (χ0v) is 14.0. The van der Waals surface area contributed by atoms with Gasteiger partial charge in [-0.3, -0.25) is 0 Å². The van der Waals surface area contributed by atoms with Crippen molar-refractivity contribution in [3.63, 3.8) is 0 Å². The van der Waals surface area contributed by atoms with Crippen LogP contribution in [-0.4, -0.2) is 12.6 Å². The number of benzene rings is 2. The van der Waals surface area contributed by atoms with Crippen LogP contribution in [-0.2, 0) is 6.42 Å². The summed E-state index contributed by atoms with van der Waals surface area (Å²) in [5.41, 5.74) is -0.463. The summed E-state index contributed by atoms with van der Waals surface area (Å²) in [5, 5.41) is 0. The number of esters is 1. The van der Waals surface area contributed by atoms with Crippen molar-refractivity contribution >= 4 is 5.97 Å². The van der Waals surface area contributed by atoms with Crippen LogP contribution in [0.4, 0.5) is 13.2 Å². The van der Waals surface area contributed by atoms with Crippen molar-refractivity contribution in [3.8, 4) is 11.5 Å². The van der Waals surface area contributed by atoms with Crippen molar-refractivity contribution in [2.75, 3.05) is 6.61 Å². The molecule has 0 saturated carbocycles. The van der Waals surface area contributed by atoms with Crippen molar-refractivity contribution in [2.45, 2.75) is 33.1 Å². The van der Waals surface area contributed by atoms with Crippen LogP contribution in [0.3, 0.4) is 0 Å². The molecular formula is C19H19F3O3. The number of rotatable bonds is 7. The number of alkyl halides is 2.